The maximum absolute atomic E-state index is 12.1. The summed E-state index contributed by atoms with van der Waals surface area (Å²) >= 11 is 14.2. The average Bonchev–Trinajstić information content (AvgIpc) is 2.57. The molecule has 1 N–H and O–H groups in total. The Labute approximate surface area is 161 Å². The van der Waals surface area contributed by atoms with Gasteiger partial charge in [-0.2, -0.15) is 0 Å². The first-order valence-corrected chi connectivity index (χ1v) is 8.65. The molecular formula is C16H10Cl2IN3O2. The molecule has 0 radical (unpaired) electrons. The molecule has 5 nitrogen and oxygen atoms in total. The van der Waals surface area contributed by atoms with Crippen LogP contribution in [0.1, 0.15) is 0 Å². The molecule has 0 saturated carbocycles. The van der Waals surface area contributed by atoms with Crippen molar-refractivity contribution in [1.82, 2.24) is 9.97 Å². The molecule has 0 atom stereocenters. The zero-order valence-electron chi connectivity index (χ0n) is 12.1. The number of hydrogen-bond donors (Lipinski definition) is 1. The van der Waals surface area contributed by atoms with Crippen LogP contribution in [0.25, 0.3) is 10.9 Å². The number of carbonyl (C=O) groups is 1. The number of nitrogens with one attached hydrogen (secondary N) is 1. The number of rotatable bonds is 4. The van der Waals surface area contributed by atoms with E-state index < -0.39 is 0 Å². The summed E-state index contributed by atoms with van der Waals surface area (Å²) < 4.78 is 6.45. The highest BCUT2D eigenvalue weighted by Gasteiger charge is 2.14. The van der Waals surface area contributed by atoms with Crippen LogP contribution in [-0.2, 0) is 4.79 Å². The monoisotopic (exact) mass is 473 g/mol. The van der Waals surface area contributed by atoms with Crippen molar-refractivity contribution >= 4 is 68.3 Å². The highest BCUT2D eigenvalue weighted by Crippen LogP contribution is 2.34. The number of ether oxygens (including phenoxy) is 1. The molecule has 0 aliphatic carbocycles. The molecule has 0 spiro atoms. The van der Waals surface area contributed by atoms with Crippen molar-refractivity contribution < 1.29 is 9.53 Å². The van der Waals surface area contributed by atoms with Gasteiger partial charge in [0, 0.05) is 17.8 Å². The van der Waals surface area contributed by atoms with Gasteiger partial charge in [0.05, 0.1) is 14.3 Å². The molecule has 3 aromatic rings. The molecule has 2 heterocycles. The van der Waals surface area contributed by atoms with E-state index in [-0.39, 0.29) is 17.7 Å². The molecule has 0 aliphatic heterocycles. The second-order valence-corrected chi connectivity index (χ2v) is 6.67. The highest BCUT2D eigenvalue weighted by molar-refractivity contribution is 14.1. The van der Waals surface area contributed by atoms with E-state index in [1.807, 2.05) is 6.07 Å². The smallest absolute Gasteiger partial charge is 0.262 e. The van der Waals surface area contributed by atoms with Crippen molar-refractivity contribution in [2.75, 3.05) is 11.9 Å². The van der Waals surface area contributed by atoms with Gasteiger partial charge in [0.1, 0.15) is 5.52 Å². The maximum Gasteiger partial charge on any atom is 0.262 e. The van der Waals surface area contributed by atoms with Crippen molar-refractivity contribution in [1.29, 1.82) is 0 Å². The lowest BCUT2D eigenvalue weighted by molar-refractivity contribution is -0.118. The molecule has 2 aromatic heterocycles. The van der Waals surface area contributed by atoms with Gasteiger partial charge in [-0.1, -0.05) is 23.2 Å². The Balaban J connectivity index is 1.79. The number of anilines is 1. The van der Waals surface area contributed by atoms with Crippen molar-refractivity contribution in [2.24, 2.45) is 0 Å². The van der Waals surface area contributed by atoms with Gasteiger partial charge in [-0.05, 0) is 52.9 Å². The predicted octanol–water partition coefficient (Wildman–Crippen LogP) is 4.56. The normalized spacial score (nSPS) is 10.6. The summed E-state index contributed by atoms with van der Waals surface area (Å²) in [7, 11) is 0. The van der Waals surface area contributed by atoms with Crippen LogP contribution < -0.4 is 10.1 Å². The topological polar surface area (TPSA) is 64.1 Å². The quantitative estimate of drug-likeness (QED) is 0.445. The van der Waals surface area contributed by atoms with Crippen LogP contribution in [0.5, 0.6) is 5.75 Å². The first kappa shape index (κ1) is 17.2. The molecule has 0 unspecified atom stereocenters. The van der Waals surface area contributed by atoms with Gasteiger partial charge in [0.15, 0.2) is 17.5 Å². The molecule has 3 rings (SSSR count). The number of pyridine rings is 2. The average molecular weight is 474 g/mol. The van der Waals surface area contributed by atoms with E-state index in [9.17, 15) is 4.79 Å². The Kier molecular flexibility index (Phi) is 5.37. The summed E-state index contributed by atoms with van der Waals surface area (Å²) in [5.74, 6) is 0.169. The zero-order valence-corrected chi connectivity index (χ0v) is 15.8. The number of fused-ring (bicyclic) bond motifs is 1. The summed E-state index contributed by atoms with van der Waals surface area (Å²) in [6, 6.07) is 8.76. The molecule has 24 heavy (non-hydrogen) atoms. The minimum absolute atomic E-state index is 0.186. The summed E-state index contributed by atoms with van der Waals surface area (Å²) in [5.41, 5.74) is 1.04. The third-order valence-electron chi connectivity index (χ3n) is 3.13. The van der Waals surface area contributed by atoms with E-state index in [0.29, 0.717) is 22.0 Å². The van der Waals surface area contributed by atoms with Gasteiger partial charge in [0.2, 0.25) is 0 Å². The first-order chi connectivity index (χ1) is 11.6. The molecule has 8 heteroatoms. The van der Waals surface area contributed by atoms with Gasteiger partial charge in [-0.15, -0.1) is 0 Å². The minimum atomic E-state index is -0.347. The van der Waals surface area contributed by atoms with E-state index >= 15 is 0 Å². The maximum atomic E-state index is 12.1. The highest BCUT2D eigenvalue weighted by atomic mass is 127. The van der Waals surface area contributed by atoms with Crippen LogP contribution >= 0.6 is 45.8 Å². The largest absolute Gasteiger partial charge is 0.480 e. The number of aromatic nitrogens is 2. The van der Waals surface area contributed by atoms with Gasteiger partial charge in [-0.3, -0.25) is 9.78 Å². The lowest BCUT2D eigenvalue weighted by Crippen LogP contribution is -2.21. The third-order valence-corrected chi connectivity index (χ3v) is 4.55. The molecule has 122 valence electrons. The lowest BCUT2D eigenvalue weighted by atomic mass is 10.2. The Morgan fingerprint density at radius 3 is 2.75 bits per heavy atom. The molecule has 0 fully saturated rings. The van der Waals surface area contributed by atoms with E-state index in [2.05, 4.69) is 37.9 Å². The molecule has 0 bridgehead atoms. The first-order valence-electron chi connectivity index (χ1n) is 6.82. The number of benzene rings is 1. The summed E-state index contributed by atoms with van der Waals surface area (Å²) in [6.07, 6.45) is 3.19. The molecular weight excluding hydrogens is 464 g/mol. The minimum Gasteiger partial charge on any atom is -0.480 e. The lowest BCUT2D eigenvalue weighted by Gasteiger charge is -2.12. The summed E-state index contributed by atoms with van der Waals surface area (Å²) in [6.45, 7) is -0.186. The van der Waals surface area contributed by atoms with Crippen molar-refractivity contribution in [3.05, 3.63) is 56.5 Å². The predicted molar refractivity (Wildman–Crippen MR) is 103 cm³/mol. The van der Waals surface area contributed by atoms with E-state index in [4.69, 9.17) is 27.9 Å². The Hall–Kier alpha value is -1.64. The Morgan fingerprint density at radius 1 is 1.21 bits per heavy atom. The molecule has 1 aromatic carbocycles. The van der Waals surface area contributed by atoms with Gasteiger partial charge >= 0.3 is 0 Å². The fraction of sp³-hybridized carbons (Fsp3) is 0.0625. The van der Waals surface area contributed by atoms with Crippen LogP contribution in [-0.4, -0.2) is 22.5 Å². The number of hydrogen-bond acceptors (Lipinski definition) is 4. The molecule has 1 amide bonds. The van der Waals surface area contributed by atoms with Gasteiger partial charge in [-0.25, -0.2) is 4.98 Å². The number of carbonyl (C=O) groups excluding carboxylic acids is 1. The van der Waals surface area contributed by atoms with Crippen LogP contribution in [0, 0.1) is 3.57 Å². The fourth-order valence-corrected chi connectivity index (χ4v) is 3.42. The van der Waals surface area contributed by atoms with Gasteiger partial charge in [0.25, 0.3) is 5.91 Å². The zero-order chi connectivity index (χ0) is 17.1. The standard InChI is InChI=1S/C16H10Cl2IN3O2/c17-10-7-11(19)15(14-9(10)3-1-5-20-14)24-8-13(23)22-12-4-2-6-21-16(12)18/h1-7H,8H2,(H,22,23). The second kappa shape index (κ2) is 7.50. The number of amides is 1. The van der Waals surface area contributed by atoms with Crippen molar-refractivity contribution in [2.45, 2.75) is 0 Å². The van der Waals surface area contributed by atoms with E-state index in [1.54, 1.807) is 36.7 Å². The molecule has 0 aliphatic rings. The molecule has 0 saturated heterocycles. The van der Waals surface area contributed by atoms with Gasteiger partial charge < -0.3 is 10.1 Å². The van der Waals surface area contributed by atoms with Crippen molar-refractivity contribution in [3.63, 3.8) is 0 Å². The second-order valence-electron chi connectivity index (χ2n) is 4.75. The van der Waals surface area contributed by atoms with Crippen LogP contribution in [0.15, 0.2) is 42.7 Å². The van der Waals surface area contributed by atoms with Crippen LogP contribution in [0.4, 0.5) is 5.69 Å². The van der Waals surface area contributed by atoms with E-state index in [1.165, 1.54) is 0 Å². The Bertz CT molecular complexity index is 921. The third kappa shape index (κ3) is 3.71. The Morgan fingerprint density at radius 2 is 1.96 bits per heavy atom. The number of nitrogens with zero attached hydrogens (tertiary/aromatic N) is 2. The van der Waals surface area contributed by atoms with E-state index in [0.717, 1.165) is 8.96 Å². The number of halogens is 3. The summed E-state index contributed by atoms with van der Waals surface area (Å²) in [4.78, 5) is 20.3. The SMILES string of the molecule is O=C(COc1c(I)cc(Cl)c2cccnc12)Nc1cccnc1Cl. The summed E-state index contributed by atoms with van der Waals surface area (Å²) in [5, 5.41) is 4.23. The van der Waals surface area contributed by atoms with Crippen molar-refractivity contribution in [3.8, 4) is 5.75 Å². The van der Waals surface area contributed by atoms with Crippen LogP contribution in [0.3, 0.4) is 0 Å². The fourth-order valence-electron chi connectivity index (χ4n) is 2.09. The van der Waals surface area contributed by atoms with Crippen LogP contribution in [0.2, 0.25) is 10.2 Å².